The molecule has 2 aliphatic rings. The number of nitrogens with zero attached hydrogens (tertiary/aromatic N) is 3. The first kappa shape index (κ1) is 13.8. The van der Waals surface area contributed by atoms with Crippen molar-refractivity contribution in [2.45, 2.75) is 45.6 Å². The second-order valence-electron chi connectivity index (χ2n) is 5.96. The van der Waals surface area contributed by atoms with Crippen molar-refractivity contribution in [3.63, 3.8) is 0 Å². The zero-order valence-corrected chi connectivity index (χ0v) is 12.1. The van der Waals surface area contributed by atoms with Gasteiger partial charge in [-0.15, -0.1) is 0 Å². The van der Waals surface area contributed by atoms with Crippen molar-refractivity contribution in [2.75, 3.05) is 4.90 Å². The molecule has 1 saturated carbocycles. The van der Waals surface area contributed by atoms with Gasteiger partial charge in [-0.25, -0.2) is 9.69 Å². The average molecular weight is 290 g/mol. The van der Waals surface area contributed by atoms with Gasteiger partial charge < -0.3 is 0 Å². The molecule has 0 atom stereocenters. The molecule has 2 fully saturated rings. The topological polar surface area (TPSA) is 84.3 Å². The van der Waals surface area contributed by atoms with E-state index < -0.39 is 23.3 Å². The largest absolute Gasteiger partial charge is 0.335 e. The Kier molecular flexibility index (Phi) is 3.07. The zero-order chi connectivity index (χ0) is 15.2. The second kappa shape index (κ2) is 4.68. The van der Waals surface area contributed by atoms with Gasteiger partial charge in [-0.1, -0.05) is 12.8 Å². The van der Waals surface area contributed by atoms with E-state index in [2.05, 4.69) is 10.4 Å². The van der Waals surface area contributed by atoms with Crippen LogP contribution in [0.1, 0.15) is 45.6 Å². The van der Waals surface area contributed by atoms with Crippen LogP contribution in [0.15, 0.2) is 12.4 Å². The maximum absolute atomic E-state index is 12.8. The molecule has 3 rings (SSSR count). The van der Waals surface area contributed by atoms with E-state index in [-0.39, 0.29) is 6.04 Å². The Morgan fingerprint density at radius 2 is 1.90 bits per heavy atom. The van der Waals surface area contributed by atoms with Gasteiger partial charge in [0.05, 0.1) is 11.9 Å². The van der Waals surface area contributed by atoms with Crippen molar-refractivity contribution >= 4 is 23.5 Å². The van der Waals surface area contributed by atoms with Gasteiger partial charge in [-0.05, 0) is 26.7 Å². The molecule has 0 bridgehead atoms. The van der Waals surface area contributed by atoms with Gasteiger partial charge >= 0.3 is 6.03 Å². The standard InChI is InChI=1S/C14H18N4O3/c1-9(2)17-8-10(7-15-17)18-12(20)14(5-3-4-6-14)11(19)16-13(18)21/h7-9H,3-6H2,1-2H3,(H,16,19,21). The summed E-state index contributed by atoms with van der Waals surface area (Å²) in [4.78, 5) is 38.0. The SMILES string of the molecule is CC(C)n1cc(N2C(=O)NC(=O)C3(CCCC3)C2=O)cn1. The number of hydrogen-bond donors (Lipinski definition) is 1. The Hall–Kier alpha value is -2.18. The van der Waals surface area contributed by atoms with Crippen LogP contribution in [0.3, 0.4) is 0 Å². The van der Waals surface area contributed by atoms with Crippen LogP contribution in [-0.4, -0.2) is 27.6 Å². The zero-order valence-electron chi connectivity index (χ0n) is 12.1. The number of urea groups is 1. The lowest BCUT2D eigenvalue weighted by Crippen LogP contribution is -2.63. The van der Waals surface area contributed by atoms with Gasteiger partial charge in [0, 0.05) is 12.2 Å². The molecule has 1 spiro atoms. The molecule has 1 aromatic heterocycles. The van der Waals surface area contributed by atoms with Gasteiger partial charge in [-0.2, -0.15) is 5.10 Å². The second-order valence-corrected chi connectivity index (χ2v) is 5.96. The summed E-state index contributed by atoms with van der Waals surface area (Å²) in [6.45, 7) is 3.91. The minimum atomic E-state index is -1.08. The first-order valence-corrected chi connectivity index (χ1v) is 7.20. The van der Waals surface area contributed by atoms with E-state index in [0.29, 0.717) is 18.5 Å². The van der Waals surface area contributed by atoms with Crippen molar-refractivity contribution in [3.05, 3.63) is 12.4 Å². The third kappa shape index (κ3) is 1.95. The number of carbonyl (C=O) groups excluding carboxylic acids is 3. The Labute approximate surface area is 122 Å². The van der Waals surface area contributed by atoms with E-state index in [1.54, 1.807) is 10.9 Å². The van der Waals surface area contributed by atoms with Crippen molar-refractivity contribution in [2.24, 2.45) is 5.41 Å². The van der Waals surface area contributed by atoms with Crippen LogP contribution in [-0.2, 0) is 9.59 Å². The van der Waals surface area contributed by atoms with Crippen molar-refractivity contribution < 1.29 is 14.4 Å². The van der Waals surface area contributed by atoms with Crippen LogP contribution in [0.4, 0.5) is 10.5 Å². The maximum atomic E-state index is 12.8. The van der Waals surface area contributed by atoms with Gasteiger partial charge in [-0.3, -0.25) is 19.6 Å². The molecule has 1 aromatic rings. The summed E-state index contributed by atoms with van der Waals surface area (Å²) in [6.07, 6.45) is 5.79. The third-order valence-electron chi connectivity index (χ3n) is 4.30. The van der Waals surface area contributed by atoms with Crippen LogP contribution in [0.25, 0.3) is 0 Å². The minimum absolute atomic E-state index is 0.128. The van der Waals surface area contributed by atoms with Gasteiger partial charge in [0.1, 0.15) is 5.41 Å². The summed E-state index contributed by atoms with van der Waals surface area (Å²) >= 11 is 0. The lowest BCUT2D eigenvalue weighted by molar-refractivity contribution is -0.142. The number of barbiturate groups is 1. The average Bonchev–Trinajstić information content (AvgIpc) is 3.07. The molecule has 7 heteroatoms. The van der Waals surface area contributed by atoms with Crippen molar-refractivity contribution in [3.8, 4) is 0 Å². The number of rotatable bonds is 2. The molecule has 1 aliphatic carbocycles. The molecule has 1 aliphatic heterocycles. The molecule has 0 radical (unpaired) electrons. The molecule has 1 saturated heterocycles. The van der Waals surface area contributed by atoms with E-state index in [1.165, 1.54) is 6.20 Å². The highest BCUT2D eigenvalue weighted by Gasteiger charge is 2.55. The number of hydrogen-bond acceptors (Lipinski definition) is 4. The third-order valence-corrected chi connectivity index (χ3v) is 4.30. The molecule has 0 aromatic carbocycles. The summed E-state index contributed by atoms with van der Waals surface area (Å²) in [5.41, 5.74) is -0.668. The fourth-order valence-corrected chi connectivity index (χ4v) is 3.06. The Balaban J connectivity index is 1.98. The fourth-order valence-electron chi connectivity index (χ4n) is 3.06. The highest BCUT2D eigenvalue weighted by molar-refractivity contribution is 6.29. The van der Waals surface area contributed by atoms with E-state index in [0.717, 1.165) is 17.7 Å². The van der Waals surface area contributed by atoms with Crippen molar-refractivity contribution in [1.29, 1.82) is 0 Å². The van der Waals surface area contributed by atoms with Crippen LogP contribution >= 0.6 is 0 Å². The van der Waals surface area contributed by atoms with Crippen LogP contribution in [0, 0.1) is 5.41 Å². The Morgan fingerprint density at radius 1 is 1.24 bits per heavy atom. The molecule has 1 N–H and O–H groups in total. The smallest absolute Gasteiger partial charge is 0.276 e. The summed E-state index contributed by atoms with van der Waals surface area (Å²) in [5, 5.41) is 6.47. The maximum Gasteiger partial charge on any atom is 0.335 e. The molecular formula is C14H18N4O3. The molecular weight excluding hydrogens is 272 g/mol. The molecule has 7 nitrogen and oxygen atoms in total. The van der Waals surface area contributed by atoms with Crippen LogP contribution < -0.4 is 10.2 Å². The van der Waals surface area contributed by atoms with E-state index in [1.807, 2.05) is 13.8 Å². The summed E-state index contributed by atoms with van der Waals surface area (Å²) in [7, 11) is 0. The lowest BCUT2D eigenvalue weighted by atomic mass is 9.82. The van der Waals surface area contributed by atoms with E-state index in [4.69, 9.17) is 0 Å². The first-order chi connectivity index (χ1) is 9.95. The molecule has 21 heavy (non-hydrogen) atoms. The van der Waals surface area contributed by atoms with Gasteiger partial charge in [0.25, 0.3) is 5.91 Å². The minimum Gasteiger partial charge on any atom is -0.276 e. The van der Waals surface area contributed by atoms with E-state index >= 15 is 0 Å². The van der Waals surface area contributed by atoms with Crippen LogP contribution in [0.5, 0.6) is 0 Å². The first-order valence-electron chi connectivity index (χ1n) is 7.20. The highest BCUT2D eigenvalue weighted by Crippen LogP contribution is 2.42. The number of anilines is 1. The molecule has 0 unspecified atom stereocenters. The predicted molar refractivity (Wildman–Crippen MR) is 74.5 cm³/mol. The predicted octanol–water partition coefficient (Wildman–Crippen LogP) is 1.61. The summed E-state index contributed by atoms with van der Waals surface area (Å²) in [5.74, 6) is -0.875. The van der Waals surface area contributed by atoms with Gasteiger partial charge in [0.15, 0.2) is 0 Å². The lowest BCUT2D eigenvalue weighted by Gasteiger charge is -2.36. The Bertz CT molecular complexity index is 613. The number of imide groups is 2. The van der Waals surface area contributed by atoms with Crippen LogP contribution in [0.2, 0.25) is 0 Å². The number of nitrogens with one attached hydrogen (secondary N) is 1. The number of carbonyl (C=O) groups is 3. The quantitative estimate of drug-likeness (QED) is 0.839. The monoisotopic (exact) mass is 290 g/mol. The summed E-state index contributed by atoms with van der Waals surface area (Å²) < 4.78 is 1.67. The molecule has 4 amide bonds. The number of aromatic nitrogens is 2. The van der Waals surface area contributed by atoms with E-state index in [9.17, 15) is 14.4 Å². The van der Waals surface area contributed by atoms with Gasteiger partial charge in [0.2, 0.25) is 5.91 Å². The number of amides is 4. The normalized spacial score (nSPS) is 21.5. The molecule has 2 heterocycles. The highest BCUT2D eigenvalue weighted by atomic mass is 16.2. The fraction of sp³-hybridized carbons (Fsp3) is 0.571. The molecule has 112 valence electrons. The summed E-state index contributed by atoms with van der Waals surface area (Å²) in [6, 6.07) is -0.561. The Morgan fingerprint density at radius 3 is 2.48 bits per heavy atom. The van der Waals surface area contributed by atoms with Crippen molar-refractivity contribution in [1.82, 2.24) is 15.1 Å².